The van der Waals surface area contributed by atoms with Crippen LogP contribution in [-0.4, -0.2) is 48.9 Å². The number of sulfonamides is 1. The van der Waals surface area contributed by atoms with Crippen LogP contribution < -0.4 is 5.32 Å². The molecule has 1 aliphatic rings. The molecule has 108 valence electrons. The van der Waals surface area contributed by atoms with E-state index in [1.807, 2.05) is 0 Å². The van der Waals surface area contributed by atoms with Crippen LogP contribution in [0.3, 0.4) is 0 Å². The van der Waals surface area contributed by atoms with E-state index in [9.17, 15) is 8.42 Å². The molecule has 3 heterocycles. The second-order valence-corrected chi connectivity index (χ2v) is 6.99. The lowest BCUT2D eigenvalue weighted by atomic mass is 10.3. The predicted molar refractivity (Wildman–Crippen MR) is 77.3 cm³/mol. The van der Waals surface area contributed by atoms with Crippen molar-refractivity contribution in [3.05, 3.63) is 23.5 Å². The average molecular weight is 315 g/mol. The molecule has 0 unspecified atom stereocenters. The summed E-state index contributed by atoms with van der Waals surface area (Å²) in [5.41, 5.74) is 0.490. The highest BCUT2D eigenvalue weighted by atomic mass is 35.5. The van der Waals surface area contributed by atoms with Crippen molar-refractivity contribution >= 4 is 32.7 Å². The largest absolute Gasteiger partial charge is 0.345 e. The third-order valence-electron chi connectivity index (χ3n) is 3.40. The number of H-pyrrole nitrogens is 1. The Morgan fingerprint density at radius 1 is 1.30 bits per heavy atom. The number of halogens is 1. The second kappa shape index (κ2) is 5.33. The van der Waals surface area contributed by atoms with Crippen LogP contribution >= 0.6 is 11.6 Å². The Morgan fingerprint density at radius 2 is 2.15 bits per heavy atom. The van der Waals surface area contributed by atoms with Crippen molar-refractivity contribution in [3.8, 4) is 0 Å². The molecule has 2 aromatic rings. The predicted octanol–water partition coefficient (Wildman–Crippen LogP) is 1.20. The number of nitrogens with zero attached hydrogens (tertiary/aromatic N) is 2. The molecule has 8 heteroatoms. The molecule has 1 saturated heterocycles. The maximum absolute atomic E-state index is 12.8. The van der Waals surface area contributed by atoms with Gasteiger partial charge in [0, 0.05) is 32.0 Å². The summed E-state index contributed by atoms with van der Waals surface area (Å²) in [5, 5.41) is 4.05. The minimum Gasteiger partial charge on any atom is -0.345 e. The van der Waals surface area contributed by atoms with Gasteiger partial charge in [0.1, 0.15) is 10.5 Å². The van der Waals surface area contributed by atoms with Crippen LogP contribution in [0.1, 0.15) is 6.42 Å². The normalized spacial score (nSPS) is 18.2. The summed E-state index contributed by atoms with van der Waals surface area (Å²) in [7, 11) is -3.55. The molecule has 2 N–H and O–H groups in total. The van der Waals surface area contributed by atoms with Gasteiger partial charge in [-0.25, -0.2) is 13.4 Å². The fraction of sp³-hybridized carbons (Fsp3) is 0.417. The van der Waals surface area contributed by atoms with Gasteiger partial charge in [0.25, 0.3) is 0 Å². The average Bonchev–Trinajstić information content (AvgIpc) is 2.68. The van der Waals surface area contributed by atoms with Crippen LogP contribution in [0.25, 0.3) is 11.0 Å². The van der Waals surface area contributed by atoms with Gasteiger partial charge in [-0.2, -0.15) is 4.31 Å². The lowest BCUT2D eigenvalue weighted by molar-refractivity contribution is 0.432. The second-order valence-electron chi connectivity index (χ2n) is 4.68. The van der Waals surface area contributed by atoms with Crippen molar-refractivity contribution in [1.29, 1.82) is 0 Å². The zero-order valence-electron chi connectivity index (χ0n) is 10.8. The summed E-state index contributed by atoms with van der Waals surface area (Å²) in [6.07, 6.45) is 3.82. The quantitative estimate of drug-likeness (QED) is 0.873. The smallest absolute Gasteiger partial charge is 0.245 e. The number of hydrogen-bond acceptors (Lipinski definition) is 4. The number of aromatic nitrogens is 2. The van der Waals surface area contributed by atoms with E-state index >= 15 is 0 Å². The maximum Gasteiger partial charge on any atom is 0.245 e. The topological polar surface area (TPSA) is 78.1 Å². The number of aromatic amines is 1. The molecule has 20 heavy (non-hydrogen) atoms. The van der Waals surface area contributed by atoms with Gasteiger partial charge in [0.05, 0.1) is 10.4 Å². The van der Waals surface area contributed by atoms with Crippen LogP contribution in [0.2, 0.25) is 5.02 Å². The van der Waals surface area contributed by atoms with Crippen molar-refractivity contribution in [2.24, 2.45) is 0 Å². The number of fused-ring (bicyclic) bond motifs is 1. The number of nitrogens with one attached hydrogen (secondary N) is 2. The molecule has 0 atom stereocenters. The Morgan fingerprint density at radius 3 is 3.00 bits per heavy atom. The summed E-state index contributed by atoms with van der Waals surface area (Å²) in [4.78, 5) is 7.18. The van der Waals surface area contributed by atoms with Gasteiger partial charge in [0.2, 0.25) is 10.0 Å². The minimum absolute atomic E-state index is 0.201. The van der Waals surface area contributed by atoms with Gasteiger partial charge in [-0.1, -0.05) is 11.6 Å². The molecule has 0 bridgehead atoms. The first-order valence-electron chi connectivity index (χ1n) is 6.43. The van der Waals surface area contributed by atoms with Gasteiger partial charge >= 0.3 is 0 Å². The summed E-state index contributed by atoms with van der Waals surface area (Å²) >= 11 is 6.13. The van der Waals surface area contributed by atoms with Crippen molar-refractivity contribution in [2.75, 3.05) is 26.2 Å². The lowest BCUT2D eigenvalue weighted by Gasteiger charge is -2.19. The molecule has 1 aliphatic heterocycles. The number of pyridine rings is 1. The van der Waals surface area contributed by atoms with Gasteiger partial charge in [-0.05, 0) is 19.0 Å². The highest BCUT2D eigenvalue weighted by molar-refractivity contribution is 7.89. The molecule has 0 amide bonds. The Labute approximate surface area is 122 Å². The fourth-order valence-corrected chi connectivity index (χ4v) is 4.35. The third kappa shape index (κ3) is 2.31. The molecular weight excluding hydrogens is 300 g/mol. The third-order valence-corrected chi connectivity index (χ3v) is 5.64. The lowest BCUT2D eigenvalue weighted by Crippen LogP contribution is -2.34. The Kier molecular flexibility index (Phi) is 3.68. The van der Waals surface area contributed by atoms with E-state index in [1.54, 1.807) is 12.3 Å². The molecule has 2 aromatic heterocycles. The van der Waals surface area contributed by atoms with E-state index < -0.39 is 10.0 Å². The minimum atomic E-state index is -3.55. The van der Waals surface area contributed by atoms with E-state index in [-0.39, 0.29) is 4.90 Å². The molecule has 1 fully saturated rings. The first kappa shape index (κ1) is 13.8. The van der Waals surface area contributed by atoms with Crippen molar-refractivity contribution in [2.45, 2.75) is 11.3 Å². The van der Waals surface area contributed by atoms with E-state index in [4.69, 9.17) is 11.6 Å². The van der Waals surface area contributed by atoms with Crippen molar-refractivity contribution in [3.63, 3.8) is 0 Å². The molecule has 3 rings (SSSR count). The SMILES string of the molecule is O=S(=O)(c1c[nH]c2nccc(Cl)c12)N1CCCNCC1. The first-order valence-corrected chi connectivity index (χ1v) is 8.25. The van der Waals surface area contributed by atoms with E-state index in [2.05, 4.69) is 15.3 Å². The van der Waals surface area contributed by atoms with Crippen LogP contribution in [0, 0.1) is 0 Å². The van der Waals surface area contributed by atoms with Crippen molar-refractivity contribution in [1.82, 2.24) is 19.6 Å². The molecule has 0 aromatic carbocycles. The molecule has 0 aliphatic carbocycles. The summed E-state index contributed by atoms with van der Waals surface area (Å²) in [5.74, 6) is 0. The first-order chi connectivity index (χ1) is 9.60. The highest BCUT2D eigenvalue weighted by Crippen LogP contribution is 2.30. The van der Waals surface area contributed by atoms with E-state index in [1.165, 1.54) is 10.5 Å². The zero-order chi connectivity index (χ0) is 14.2. The Balaban J connectivity index is 2.09. The zero-order valence-corrected chi connectivity index (χ0v) is 12.3. The molecule has 0 radical (unpaired) electrons. The standard InChI is InChI=1S/C12H15ClN4O2S/c13-9-2-4-15-12-11(9)10(8-16-12)20(18,19)17-6-1-3-14-5-7-17/h2,4,8,14H,1,3,5-7H2,(H,15,16). The van der Waals surface area contributed by atoms with E-state index in [0.29, 0.717) is 35.7 Å². The van der Waals surface area contributed by atoms with Crippen LogP contribution in [0.15, 0.2) is 23.4 Å². The van der Waals surface area contributed by atoms with Crippen LogP contribution in [0.5, 0.6) is 0 Å². The van der Waals surface area contributed by atoms with Crippen LogP contribution in [-0.2, 0) is 10.0 Å². The fourth-order valence-electron chi connectivity index (χ4n) is 2.39. The summed E-state index contributed by atoms with van der Waals surface area (Å²) < 4.78 is 27.0. The van der Waals surface area contributed by atoms with Gasteiger partial charge < -0.3 is 10.3 Å². The number of rotatable bonds is 2. The Bertz CT molecular complexity index is 720. The maximum atomic E-state index is 12.8. The van der Waals surface area contributed by atoms with Crippen LogP contribution in [0.4, 0.5) is 0 Å². The van der Waals surface area contributed by atoms with E-state index in [0.717, 1.165) is 13.0 Å². The molecular formula is C12H15ClN4O2S. The Hall–Kier alpha value is -1.15. The molecule has 0 spiro atoms. The highest BCUT2D eigenvalue weighted by Gasteiger charge is 2.28. The molecule has 0 saturated carbocycles. The summed E-state index contributed by atoms with van der Waals surface area (Å²) in [6, 6.07) is 1.60. The van der Waals surface area contributed by atoms with Gasteiger partial charge in [-0.15, -0.1) is 0 Å². The monoisotopic (exact) mass is 314 g/mol. The van der Waals surface area contributed by atoms with Gasteiger partial charge in [0.15, 0.2) is 0 Å². The molecule has 6 nitrogen and oxygen atoms in total. The van der Waals surface area contributed by atoms with Gasteiger partial charge in [-0.3, -0.25) is 0 Å². The number of hydrogen-bond donors (Lipinski definition) is 2. The summed E-state index contributed by atoms with van der Waals surface area (Å²) in [6.45, 7) is 2.47. The van der Waals surface area contributed by atoms with Crippen molar-refractivity contribution < 1.29 is 8.42 Å².